The lowest BCUT2D eigenvalue weighted by atomic mass is 9.87. The van der Waals surface area contributed by atoms with Crippen LogP contribution in [0.4, 0.5) is 0 Å². The molecule has 1 aliphatic rings. The highest BCUT2D eigenvalue weighted by Crippen LogP contribution is 2.30. The van der Waals surface area contributed by atoms with Crippen molar-refractivity contribution in [1.82, 2.24) is 5.32 Å². The predicted octanol–water partition coefficient (Wildman–Crippen LogP) is -1.38. The zero-order chi connectivity index (χ0) is 15.5. The van der Waals surface area contributed by atoms with Crippen LogP contribution in [0, 0.1) is 0 Å². The number of nitrogens with one attached hydrogen (secondary N) is 1. The minimum absolute atomic E-state index is 0.0613. The monoisotopic (exact) mass is 284 g/mol. The van der Waals surface area contributed by atoms with E-state index in [0.29, 0.717) is 0 Å². The smallest absolute Gasteiger partial charge is 0.188 e. The van der Waals surface area contributed by atoms with Crippen LogP contribution in [0.25, 0.3) is 0 Å². The van der Waals surface area contributed by atoms with Crippen molar-refractivity contribution in [3.63, 3.8) is 0 Å². The van der Waals surface area contributed by atoms with E-state index in [9.17, 15) is 20.4 Å². The van der Waals surface area contributed by atoms with Crippen LogP contribution >= 0.6 is 0 Å². The van der Waals surface area contributed by atoms with Crippen molar-refractivity contribution in [3.05, 3.63) is 35.9 Å². The standard InChI is InChI=1S/C14H21NO5/c1-15-13-12(18)11(17)10(8-16)20-14(13,19)7-9-5-3-2-4-6-9/h2-6,10-13,15-19H,7-8H2,1H3/t10-,11-,12+,13-,14?/m1/s1/i1D. The number of ether oxygens (including phenoxy) is 1. The van der Waals surface area contributed by atoms with E-state index >= 15 is 0 Å². The molecule has 2 rings (SSSR count). The number of likely N-dealkylation sites (N-methyl/N-ethyl adjacent to an activating group) is 1. The second kappa shape index (κ2) is 6.17. The predicted molar refractivity (Wildman–Crippen MR) is 71.9 cm³/mol. The molecule has 5 N–H and O–H groups in total. The fourth-order valence-electron chi connectivity index (χ4n) is 2.55. The Labute approximate surface area is 119 Å². The van der Waals surface area contributed by atoms with Crippen molar-refractivity contribution in [2.75, 3.05) is 13.6 Å². The summed E-state index contributed by atoms with van der Waals surface area (Å²) >= 11 is 0. The second-order valence-corrected chi connectivity index (χ2v) is 5.01. The van der Waals surface area contributed by atoms with Crippen molar-refractivity contribution in [2.45, 2.75) is 36.6 Å². The van der Waals surface area contributed by atoms with Gasteiger partial charge in [-0.15, -0.1) is 0 Å². The van der Waals surface area contributed by atoms with Gasteiger partial charge < -0.3 is 30.5 Å². The molecule has 112 valence electrons. The van der Waals surface area contributed by atoms with Gasteiger partial charge in [-0.1, -0.05) is 30.3 Å². The zero-order valence-corrected chi connectivity index (χ0v) is 11.0. The lowest BCUT2D eigenvalue weighted by Gasteiger charge is -2.47. The number of benzene rings is 1. The lowest BCUT2D eigenvalue weighted by molar-refractivity contribution is -0.318. The van der Waals surface area contributed by atoms with Crippen molar-refractivity contribution in [2.24, 2.45) is 0 Å². The van der Waals surface area contributed by atoms with E-state index in [-0.39, 0.29) is 13.4 Å². The zero-order valence-electron chi connectivity index (χ0n) is 12.0. The van der Waals surface area contributed by atoms with Gasteiger partial charge in [0.25, 0.3) is 0 Å². The van der Waals surface area contributed by atoms with E-state index in [4.69, 9.17) is 6.11 Å². The first-order valence-electron chi connectivity index (χ1n) is 7.16. The first kappa shape index (κ1) is 13.9. The Morgan fingerprint density at radius 1 is 1.30 bits per heavy atom. The highest BCUT2D eigenvalue weighted by atomic mass is 16.6. The molecule has 0 radical (unpaired) electrons. The summed E-state index contributed by atoms with van der Waals surface area (Å²) in [7, 11) is -0.251. The third-order valence-electron chi connectivity index (χ3n) is 3.61. The van der Waals surface area contributed by atoms with Gasteiger partial charge in [-0.2, -0.15) is 0 Å². The molecule has 5 atom stereocenters. The Bertz CT molecular complexity index is 448. The molecule has 6 heteroatoms. The van der Waals surface area contributed by atoms with E-state index < -0.39 is 36.7 Å². The van der Waals surface area contributed by atoms with Crippen molar-refractivity contribution in [3.8, 4) is 0 Å². The number of rotatable bonds is 4. The van der Waals surface area contributed by atoms with Gasteiger partial charge in [0.1, 0.15) is 18.3 Å². The van der Waals surface area contributed by atoms with Crippen LogP contribution in [-0.2, 0) is 11.2 Å². The van der Waals surface area contributed by atoms with Gasteiger partial charge in [0, 0.05) is 7.79 Å². The van der Waals surface area contributed by atoms with Crippen LogP contribution in [0.15, 0.2) is 30.3 Å². The molecule has 1 aliphatic heterocycles. The van der Waals surface area contributed by atoms with Crippen LogP contribution in [0.1, 0.15) is 6.93 Å². The summed E-state index contributed by atoms with van der Waals surface area (Å²) in [5.74, 6) is -1.82. The molecule has 0 saturated carbocycles. The van der Waals surface area contributed by atoms with E-state index in [1.165, 1.54) is 0 Å². The maximum atomic E-state index is 10.8. The summed E-state index contributed by atoms with van der Waals surface area (Å²) in [6, 6.07) is 8.01. The molecule has 6 nitrogen and oxygen atoms in total. The number of aliphatic hydroxyl groups is 4. The molecule has 0 spiro atoms. The maximum absolute atomic E-state index is 10.8. The van der Waals surface area contributed by atoms with Crippen LogP contribution in [0.3, 0.4) is 0 Å². The fraction of sp³-hybridized carbons (Fsp3) is 0.571. The molecule has 1 aromatic rings. The van der Waals surface area contributed by atoms with Crippen LogP contribution < -0.4 is 5.32 Å². The Morgan fingerprint density at radius 3 is 2.60 bits per heavy atom. The molecule has 1 heterocycles. The molecule has 0 bridgehead atoms. The molecule has 0 aromatic heterocycles. The molecule has 0 amide bonds. The van der Waals surface area contributed by atoms with Crippen LogP contribution in [0.2, 0.25) is 0 Å². The average molecular weight is 284 g/mol. The Kier molecular flexibility index (Phi) is 4.30. The third-order valence-corrected chi connectivity index (χ3v) is 3.61. The molecule has 1 fully saturated rings. The Balaban J connectivity index is 2.26. The quantitative estimate of drug-likeness (QED) is 0.467. The van der Waals surface area contributed by atoms with E-state index in [1.807, 2.05) is 18.2 Å². The number of aliphatic hydroxyl groups excluding tert-OH is 3. The van der Waals surface area contributed by atoms with Gasteiger partial charge in [-0.25, -0.2) is 0 Å². The third kappa shape index (κ3) is 2.85. The SMILES string of the molecule is [2H]CN[C@@H]1[C@@H](O)[C@H](O)[C@@H](CO)OC1(O)Cc1ccccc1. The lowest BCUT2D eigenvalue weighted by Crippen LogP contribution is -2.69. The largest absolute Gasteiger partial charge is 0.394 e. The van der Waals surface area contributed by atoms with Crippen molar-refractivity contribution in [1.29, 1.82) is 0 Å². The van der Waals surface area contributed by atoms with Gasteiger partial charge in [0.2, 0.25) is 0 Å². The molecule has 1 saturated heterocycles. The first-order chi connectivity index (χ1) is 10.0. The number of hydrogen-bond acceptors (Lipinski definition) is 6. The number of hydrogen-bond donors (Lipinski definition) is 5. The normalized spacial score (nSPS) is 38.5. The highest BCUT2D eigenvalue weighted by molar-refractivity contribution is 5.18. The van der Waals surface area contributed by atoms with E-state index in [0.717, 1.165) is 5.56 Å². The summed E-state index contributed by atoms with van der Waals surface area (Å²) < 4.78 is 12.7. The average Bonchev–Trinajstić information content (AvgIpc) is 2.48. The van der Waals surface area contributed by atoms with Gasteiger partial charge in [-0.3, -0.25) is 0 Å². The topological polar surface area (TPSA) is 102 Å². The van der Waals surface area contributed by atoms with E-state index in [1.54, 1.807) is 12.1 Å². The maximum Gasteiger partial charge on any atom is 0.188 e. The summed E-state index contributed by atoms with van der Waals surface area (Å²) in [5.41, 5.74) is 0.775. The van der Waals surface area contributed by atoms with Crippen LogP contribution in [-0.4, -0.2) is 64.2 Å². The van der Waals surface area contributed by atoms with Gasteiger partial charge in [-0.05, 0) is 12.6 Å². The summed E-state index contributed by atoms with van der Waals surface area (Å²) in [5, 5.41) is 42.6. The van der Waals surface area contributed by atoms with E-state index in [2.05, 4.69) is 5.32 Å². The fourth-order valence-corrected chi connectivity index (χ4v) is 2.55. The van der Waals surface area contributed by atoms with Crippen LogP contribution in [0.5, 0.6) is 0 Å². The second-order valence-electron chi connectivity index (χ2n) is 5.01. The summed E-state index contributed by atoms with van der Waals surface area (Å²) in [6.45, 7) is -0.525. The van der Waals surface area contributed by atoms with Crippen molar-refractivity contribution >= 4 is 0 Å². The molecular formula is C14H21NO5. The van der Waals surface area contributed by atoms with Gasteiger partial charge in [0.05, 0.1) is 12.6 Å². The minimum Gasteiger partial charge on any atom is -0.394 e. The Hall–Kier alpha value is -1.02. The van der Waals surface area contributed by atoms with Gasteiger partial charge >= 0.3 is 0 Å². The van der Waals surface area contributed by atoms with Gasteiger partial charge in [0.15, 0.2) is 5.79 Å². The molecule has 0 aliphatic carbocycles. The molecule has 20 heavy (non-hydrogen) atoms. The molecular weight excluding hydrogens is 262 g/mol. The highest BCUT2D eigenvalue weighted by Gasteiger charge is 2.52. The summed E-state index contributed by atoms with van der Waals surface area (Å²) in [4.78, 5) is 0. The minimum atomic E-state index is -1.82. The first-order valence-corrected chi connectivity index (χ1v) is 6.45. The summed E-state index contributed by atoms with van der Waals surface area (Å²) in [6.07, 6.45) is -3.71. The molecule has 1 aromatic carbocycles. The molecule has 1 unspecified atom stereocenters. The Morgan fingerprint density at radius 2 is 2.00 bits per heavy atom. The van der Waals surface area contributed by atoms with Crippen molar-refractivity contribution < 1.29 is 26.5 Å².